The molecule has 3 N–H and O–H groups in total. The average Bonchev–Trinajstić information content (AvgIpc) is 3.41. The Morgan fingerprint density at radius 1 is 1.31 bits per heavy atom. The highest BCUT2D eigenvalue weighted by atomic mass is 35.5. The highest BCUT2D eigenvalue weighted by molar-refractivity contribution is 8.02. The number of benzene rings is 1. The summed E-state index contributed by atoms with van der Waals surface area (Å²) in [7, 11) is 1.58. The first-order valence-corrected chi connectivity index (χ1v) is 11.2. The smallest absolute Gasteiger partial charge is 0.272 e. The Labute approximate surface area is 180 Å². The molecule has 1 saturated heterocycles. The normalized spacial score (nSPS) is 19.0. The molecule has 9 heteroatoms. The summed E-state index contributed by atoms with van der Waals surface area (Å²) in [4.78, 5) is 27.7. The third-order valence-corrected chi connectivity index (χ3v) is 6.10. The monoisotopic (exact) mass is 438 g/mol. The van der Waals surface area contributed by atoms with E-state index in [1.807, 2.05) is 11.5 Å². The molecular formula is C20H27ClN4O3S. The van der Waals surface area contributed by atoms with Crippen LogP contribution in [0, 0.1) is 0 Å². The third kappa shape index (κ3) is 5.88. The van der Waals surface area contributed by atoms with Gasteiger partial charge in [-0.2, -0.15) is 0 Å². The second kappa shape index (κ2) is 10.9. The van der Waals surface area contributed by atoms with E-state index in [1.54, 1.807) is 31.0 Å². The molecule has 2 aliphatic heterocycles. The predicted molar refractivity (Wildman–Crippen MR) is 117 cm³/mol. The Hall–Kier alpha value is -1.74. The number of alkyl halides is 1. The Morgan fingerprint density at radius 3 is 2.83 bits per heavy atom. The lowest BCUT2D eigenvalue weighted by Gasteiger charge is -2.23. The molecule has 1 atom stereocenters. The summed E-state index contributed by atoms with van der Waals surface area (Å²) in [5, 5.41) is 10.8. The van der Waals surface area contributed by atoms with E-state index in [0.717, 1.165) is 18.7 Å². The number of methoxy groups -OCH3 is 1. The molecule has 1 unspecified atom stereocenters. The van der Waals surface area contributed by atoms with E-state index in [9.17, 15) is 9.59 Å². The van der Waals surface area contributed by atoms with Gasteiger partial charge < -0.3 is 20.7 Å². The molecule has 2 heterocycles. The Kier molecular flexibility index (Phi) is 8.23. The zero-order valence-electron chi connectivity index (χ0n) is 16.5. The highest BCUT2D eigenvalue weighted by Crippen LogP contribution is 2.27. The van der Waals surface area contributed by atoms with Crippen LogP contribution in [0.3, 0.4) is 0 Å². The molecule has 2 amide bonds. The number of nitrogens with zero attached hydrogens (tertiary/aromatic N) is 1. The lowest BCUT2D eigenvalue weighted by molar-refractivity contribution is -0.113. The number of halogens is 1. The maximum atomic E-state index is 12.8. The van der Waals surface area contributed by atoms with Crippen LogP contribution in [0.15, 0.2) is 29.3 Å². The molecular weight excluding hydrogens is 412 g/mol. The molecule has 0 radical (unpaired) electrons. The quantitative estimate of drug-likeness (QED) is 0.405. The Bertz CT molecular complexity index is 768. The number of ether oxygens (including phenoxy) is 1. The minimum atomic E-state index is -0.258. The molecule has 1 aromatic carbocycles. The van der Waals surface area contributed by atoms with Gasteiger partial charge in [-0.15, -0.1) is 11.6 Å². The van der Waals surface area contributed by atoms with Crippen molar-refractivity contribution in [1.29, 1.82) is 0 Å². The standard InChI is InChI=1S/C20H27ClN4O3S/c1-28-11-8-22-18(26)15-12-14(6-7-21)4-5-16(15)23-19(27)17-13-29-20(24-17)25-9-2-3-10-25/h4-5,12-13,20,24H,2-3,6-11H2,1H3,(H,22,26)(H,23,27). The molecule has 2 aliphatic rings. The summed E-state index contributed by atoms with van der Waals surface area (Å²) in [5.74, 6) is -0.0517. The van der Waals surface area contributed by atoms with Crippen molar-refractivity contribution in [3.05, 3.63) is 40.4 Å². The fourth-order valence-corrected chi connectivity index (χ4v) is 4.55. The number of amides is 2. The molecule has 0 spiro atoms. The van der Waals surface area contributed by atoms with Crippen LogP contribution >= 0.6 is 23.4 Å². The van der Waals surface area contributed by atoms with Crippen molar-refractivity contribution in [2.45, 2.75) is 24.8 Å². The lowest BCUT2D eigenvalue weighted by Crippen LogP contribution is -2.40. The molecule has 29 heavy (non-hydrogen) atoms. The van der Waals surface area contributed by atoms with Gasteiger partial charge in [-0.1, -0.05) is 17.8 Å². The molecule has 3 rings (SSSR count). The lowest BCUT2D eigenvalue weighted by atomic mass is 10.1. The highest BCUT2D eigenvalue weighted by Gasteiger charge is 2.28. The zero-order chi connectivity index (χ0) is 20.6. The summed E-state index contributed by atoms with van der Waals surface area (Å²) in [5.41, 5.74) is 2.45. The van der Waals surface area contributed by atoms with Crippen LogP contribution in [0.25, 0.3) is 0 Å². The largest absolute Gasteiger partial charge is 0.383 e. The molecule has 1 aromatic rings. The van der Waals surface area contributed by atoms with Gasteiger partial charge in [0.1, 0.15) is 11.2 Å². The van der Waals surface area contributed by atoms with Gasteiger partial charge in [-0.25, -0.2) is 0 Å². The first-order chi connectivity index (χ1) is 14.1. The maximum Gasteiger partial charge on any atom is 0.272 e. The Morgan fingerprint density at radius 2 is 2.10 bits per heavy atom. The molecule has 1 fully saturated rings. The van der Waals surface area contributed by atoms with Crippen LogP contribution in [0.4, 0.5) is 5.69 Å². The van der Waals surface area contributed by atoms with E-state index < -0.39 is 0 Å². The number of aryl methyl sites for hydroxylation is 1. The maximum absolute atomic E-state index is 12.8. The van der Waals surface area contributed by atoms with E-state index in [1.165, 1.54) is 12.8 Å². The minimum absolute atomic E-state index is 0.0983. The number of carbonyl (C=O) groups is 2. The van der Waals surface area contributed by atoms with Crippen molar-refractivity contribution in [3.8, 4) is 0 Å². The van der Waals surface area contributed by atoms with Crippen LogP contribution in [-0.4, -0.2) is 61.4 Å². The number of likely N-dealkylation sites (tertiary alicyclic amines) is 1. The van der Waals surface area contributed by atoms with Crippen molar-refractivity contribution in [2.24, 2.45) is 0 Å². The van der Waals surface area contributed by atoms with E-state index in [4.69, 9.17) is 16.3 Å². The van der Waals surface area contributed by atoms with Crippen LogP contribution < -0.4 is 16.0 Å². The average molecular weight is 439 g/mol. The fourth-order valence-electron chi connectivity index (χ4n) is 3.31. The van der Waals surface area contributed by atoms with Gasteiger partial charge in [-0.05, 0) is 37.0 Å². The van der Waals surface area contributed by atoms with Crippen LogP contribution in [0.5, 0.6) is 0 Å². The molecule has 0 aromatic heterocycles. The summed E-state index contributed by atoms with van der Waals surface area (Å²) >= 11 is 7.44. The van der Waals surface area contributed by atoms with Gasteiger partial charge in [0.15, 0.2) is 0 Å². The second-order valence-electron chi connectivity index (χ2n) is 6.93. The minimum Gasteiger partial charge on any atom is -0.383 e. The van der Waals surface area contributed by atoms with Crippen molar-refractivity contribution < 1.29 is 14.3 Å². The third-order valence-electron chi connectivity index (χ3n) is 4.86. The van der Waals surface area contributed by atoms with E-state index >= 15 is 0 Å². The molecule has 158 valence electrons. The van der Waals surface area contributed by atoms with Crippen molar-refractivity contribution in [3.63, 3.8) is 0 Å². The van der Waals surface area contributed by atoms with Gasteiger partial charge in [-0.3, -0.25) is 14.5 Å². The summed E-state index contributed by atoms with van der Waals surface area (Å²) in [6, 6.07) is 5.41. The van der Waals surface area contributed by atoms with Gasteiger partial charge in [0.05, 0.1) is 17.9 Å². The molecule has 7 nitrogen and oxygen atoms in total. The number of hydrogen-bond donors (Lipinski definition) is 3. The SMILES string of the molecule is COCCNC(=O)c1cc(CCCl)ccc1NC(=O)C1=CSC(N2CCCC2)N1. The van der Waals surface area contributed by atoms with Gasteiger partial charge >= 0.3 is 0 Å². The van der Waals surface area contributed by atoms with Gasteiger partial charge in [0, 0.05) is 38.0 Å². The second-order valence-corrected chi connectivity index (χ2v) is 8.26. The zero-order valence-corrected chi connectivity index (χ0v) is 18.1. The van der Waals surface area contributed by atoms with E-state index in [0.29, 0.717) is 42.4 Å². The Balaban J connectivity index is 1.68. The number of carbonyl (C=O) groups excluding carboxylic acids is 2. The number of anilines is 1. The summed E-state index contributed by atoms with van der Waals surface area (Å²) in [6.07, 6.45) is 3.03. The first kappa shape index (κ1) is 22.0. The number of nitrogens with one attached hydrogen (secondary N) is 3. The number of rotatable bonds is 9. The van der Waals surface area contributed by atoms with Crippen LogP contribution in [-0.2, 0) is 16.0 Å². The topological polar surface area (TPSA) is 82.7 Å². The van der Waals surface area contributed by atoms with Crippen LogP contribution in [0.1, 0.15) is 28.8 Å². The van der Waals surface area contributed by atoms with Crippen molar-refractivity contribution in [1.82, 2.24) is 15.5 Å². The first-order valence-electron chi connectivity index (χ1n) is 9.76. The molecule has 0 saturated carbocycles. The number of hydrogen-bond acceptors (Lipinski definition) is 6. The summed E-state index contributed by atoms with van der Waals surface area (Å²) < 4.78 is 4.98. The van der Waals surface area contributed by atoms with E-state index in [-0.39, 0.29) is 17.3 Å². The van der Waals surface area contributed by atoms with Crippen LogP contribution in [0.2, 0.25) is 0 Å². The summed E-state index contributed by atoms with van der Waals surface area (Å²) in [6.45, 7) is 2.90. The van der Waals surface area contributed by atoms with Crippen molar-refractivity contribution >= 4 is 40.9 Å². The van der Waals surface area contributed by atoms with E-state index in [2.05, 4.69) is 20.9 Å². The molecule has 0 aliphatic carbocycles. The fraction of sp³-hybridized carbons (Fsp3) is 0.500. The number of thioether (sulfide) groups is 1. The van der Waals surface area contributed by atoms with Crippen molar-refractivity contribution in [2.75, 3.05) is 44.5 Å². The van der Waals surface area contributed by atoms with Gasteiger partial charge in [0.25, 0.3) is 11.8 Å². The predicted octanol–water partition coefficient (Wildman–Crippen LogP) is 2.34. The van der Waals surface area contributed by atoms with Gasteiger partial charge in [0.2, 0.25) is 0 Å². The molecule has 0 bridgehead atoms.